The molecule has 0 unspecified atom stereocenters. The van der Waals surface area contributed by atoms with Crippen LogP contribution in [0.4, 0.5) is 0 Å². The number of ketones is 1. The number of unbranched alkanes of at least 4 members (excludes halogenated alkanes) is 10. The van der Waals surface area contributed by atoms with E-state index in [4.69, 9.17) is 5.11 Å². The van der Waals surface area contributed by atoms with Crippen LogP contribution in [0, 0.1) is 0 Å². The number of rotatable bonds is 14. The number of Topliss-reactive ketones (excluding diaryl/α,β-unsaturated/α-hetero) is 1. The Morgan fingerprint density at radius 1 is 0.773 bits per heavy atom. The van der Waals surface area contributed by atoms with Gasteiger partial charge in [0, 0.05) is 6.42 Å². The Morgan fingerprint density at radius 3 is 1.50 bits per heavy atom. The molecule has 0 saturated heterocycles. The van der Waals surface area contributed by atoms with Gasteiger partial charge in [0.25, 0.3) is 0 Å². The Kier molecular flexibility index (Phi) is 30.1. The first-order valence-corrected chi connectivity index (χ1v) is 8.48. The van der Waals surface area contributed by atoms with Crippen molar-refractivity contribution in [3.8, 4) is 0 Å². The summed E-state index contributed by atoms with van der Waals surface area (Å²) >= 11 is 0. The fourth-order valence-electron chi connectivity index (χ4n) is 2.24. The second kappa shape index (κ2) is 24.0. The van der Waals surface area contributed by atoms with Gasteiger partial charge in [0.15, 0.2) is 0 Å². The minimum absolute atomic E-state index is 0. The molecule has 0 saturated carbocycles. The van der Waals surface area contributed by atoms with Gasteiger partial charge in [-0.05, 0) is 13.5 Å². The van der Waals surface area contributed by atoms with E-state index in [1.165, 1.54) is 64.8 Å². The van der Waals surface area contributed by atoms with Crippen LogP contribution in [0.3, 0.4) is 0 Å². The topological polar surface area (TPSA) is 80.4 Å². The van der Waals surface area contributed by atoms with E-state index < -0.39 is 5.97 Å². The van der Waals surface area contributed by atoms with E-state index in [0.717, 1.165) is 12.8 Å². The van der Waals surface area contributed by atoms with Crippen LogP contribution in [-0.2, 0) is 9.59 Å². The molecule has 3 N–H and O–H groups in total. The number of carbonyl (C=O) groups excluding carboxylic acids is 1. The summed E-state index contributed by atoms with van der Waals surface area (Å²) in [6.07, 6.45) is 13.9. The van der Waals surface area contributed by atoms with Crippen LogP contribution in [0.25, 0.3) is 0 Å². The molecule has 0 radical (unpaired) electrons. The molecule has 0 aliphatic rings. The van der Waals surface area contributed by atoms with Gasteiger partial charge >= 0.3 is 57.4 Å². The molecular formula is C17H36KNO3. The molecule has 0 heterocycles. The van der Waals surface area contributed by atoms with Crippen molar-refractivity contribution in [1.82, 2.24) is 0 Å². The number of hydrogen-bond acceptors (Lipinski definition) is 3. The predicted molar refractivity (Wildman–Crippen MR) is 95.6 cm³/mol. The molecule has 0 aromatic carbocycles. The second-order valence-electron chi connectivity index (χ2n) is 5.39. The van der Waals surface area contributed by atoms with E-state index in [1.54, 1.807) is 0 Å². The summed E-state index contributed by atoms with van der Waals surface area (Å²) in [4.78, 5) is 21.4. The fraction of sp³-hybridized carbons (Fsp3) is 0.882. The predicted octanol–water partition coefficient (Wildman–Crippen LogP) is 3.66. The SMILES string of the molecule is CCCCCCCCCCCCCC(=O)CC(=O)O.CN.[KH]. The zero-order chi connectivity index (χ0) is 16.3. The van der Waals surface area contributed by atoms with Crippen molar-refractivity contribution in [3.05, 3.63) is 0 Å². The van der Waals surface area contributed by atoms with Gasteiger partial charge in [-0.15, -0.1) is 0 Å². The summed E-state index contributed by atoms with van der Waals surface area (Å²) < 4.78 is 0. The Balaban J connectivity index is -0.00000115. The summed E-state index contributed by atoms with van der Waals surface area (Å²) in [6, 6.07) is 0. The molecule has 0 bridgehead atoms. The van der Waals surface area contributed by atoms with Crippen LogP contribution < -0.4 is 5.73 Å². The van der Waals surface area contributed by atoms with E-state index in [2.05, 4.69) is 12.7 Å². The summed E-state index contributed by atoms with van der Waals surface area (Å²) in [5.41, 5.74) is 4.50. The first kappa shape index (κ1) is 27.6. The number of carboxylic acid groups (broad SMARTS) is 1. The van der Waals surface area contributed by atoms with E-state index in [0.29, 0.717) is 6.42 Å². The second-order valence-corrected chi connectivity index (χ2v) is 5.39. The van der Waals surface area contributed by atoms with E-state index >= 15 is 0 Å². The third-order valence-electron chi connectivity index (χ3n) is 3.41. The minimum atomic E-state index is -1.01. The Labute approximate surface area is 179 Å². The summed E-state index contributed by atoms with van der Waals surface area (Å²) in [7, 11) is 1.50. The molecular weight excluding hydrogens is 305 g/mol. The Morgan fingerprint density at radius 2 is 1.14 bits per heavy atom. The first-order chi connectivity index (χ1) is 10.2. The molecule has 5 heteroatoms. The van der Waals surface area contributed by atoms with Gasteiger partial charge < -0.3 is 10.8 Å². The van der Waals surface area contributed by atoms with Crippen LogP contribution in [0.5, 0.6) is 0 Å². The van der Waals surface area contributed by atoms with Gasteiger partial charge in [0.2, 0.25) is 0 Å². The molecule has 22 heavy (non-hydrogen) atoms. The number of hydrogen-bond donors (Lipinski definition) is 2. The third kappa shape index (κ3) is 25.7. The van der Waals surface area contributed by atoms with Crippen molar-refractivity contribution < 1.29 is 14.7 Å². The molecule has 0 aromatic rings. The molecule has 0 amide bonds. The Hall–Kier alpha value is 0.736. The average molecular weight is 342 g/mol. The molecule has 0 rings (SSSR count). The van der Waals surface area contributed by atoms with Crippen molar-refractivity contribution in [2.45, 2.75) is 90.4 Å². The monoisotopic (exact) mass is 341 g/mol. The van der Waals surface area contributed by atoms with Crippen molar-refractivity contribution >= 4 is 63.1 Å². The summed E-state index contributed by atoms with van der Waals surface area (Å²) in [5, 5.41) is 8.44. The normalized spacial score (nSPS) is 9.41. The zero-order valence-corrected chi connectivity index (χ0v) is 14.0. The number of carbonyl (C=O) groups is 2. The van der Waals surface area contributed by atoms with E-state index in [9.17, 15) is 9.59 Å². The Bertz CT molecular complexity index is 248. The van der Waals surface area contributed by atoms with E-state index in [-0.39, 0.29) is 63.6 Å². The molecule has 0 spiro atoms. The van der Waals surface area contributed by atoms with Crippen molar-refractivity contribution in [3.63, 3.8) is 0 Å². The molecule has 0 atom stereocenters. The van der Waals surface area contributed by atoms with Gasteiger partial charge in [-0.2, -0.15) is 0 Å². The first-order valence-electron chi connectivity index (χ1n) is 8.48. The maximum atomic E-state index is 11.1. The molecule has 128 valence electrons. The third-order valence-corrected chi connectivity index (χ3v) is 3.41. The average Bonchev–Trinajstić information content (AvgIpc) is 2.46. The molecule has 4 nitrogen and oxygen atoms in total. The maximum absolute atomic E-state index is 11.1. The van der Waals surface area contributed by atoms with Crippen molar-refractivity contribution in [2.75, 3.05) is 7.05 Å². The quantitative estimate of drug-likeness (QED) is 0.287. The summed E-state index contributed by atoms with van der Waals surface area (Å²) in [6.45, 7) is 2.24. The molecule has 0 aliphatic carbocycles. The van der Waals surface area contributed by atoms with Gasteiger partial charge in [-0.1, -0.05) is 71.1 Å². The molecule has 0 aromatic heterocycles. The van der Waals surface area contributed by atoms with Crippen LogP contribution in [-0.4, -0.2) is 75.3 Å². The van der Waals surface area contributed by atoms with Gasteiger partial charge in [-0.25, -0.2) is 0 Å². The standard InChI is InChI=1S/C16H30O3.CH5N.K.H/c1-2-3-4-5-6-7-8-9-10-11-12-13-15(17)14-16(18)19;1-2;;/h2-14H2,1H3,(H,18,19);2H2,1H3;;. The van der Waals surface area contributed by atoms with Crippen molar-refractivity contribution in [1.29, 1.82) is 0 Å². The number of aliphatic carboxylic acids is 1. The number of nitrogens with two attached hydrogens (primary N) is 1. The van der Waals surface area contributed by atoms with Gasteiger partial charge in [0.05, 0.1) is 0 Å². The molecule has 0 fully saturated rings. The zero-order valence-electron chi connectivity index (χ0n) is 14.0. The molecule has 0 aliphatic heterocycles. The van der Waals surface area contributed by atoms with Gasteiger partial charge in [0.1, 0.15) is 12.2 Å². The van der Waals surface area contributed by atoms with Crippen molar-refractivity contribution in [2.24, 2.45) is 5.73 Å². The number of carboxylic acids is 1. The van der Waals surface area contributed by atoms with Gasteiger partial charge in [-0.3, -0.25) is 9.59 Å². The van der Waals surface area contributed by atoms with Crippen LogP contribution >= 0.6 is 0 Å². The van der Waals surface area contributed by atoms with Crippen LogP contribution in [0.15, 0.2) is 0 Å². The fourth-order valence-corrected chi connectivity index (χ4v) is 2.24. The van der Waals surface area contributed by atoms with Crippen LogP contribution in [0.1, 0.15) is 90.4 Å². The van der Waals surface area contributed by atoms with E-state index in [1.807, 2.05) is 0 Å². The van der Waals surface area contributed by atoms with Crippen LogP contribution in [0.2, 0.25) is 0 Å². The summed E-state index contributed by atoms with van der Waals surface area (Å²) in [5.74, 6) is -1.14.